The molecule has 0 bridgehead atoms. The molecule has 3 atom stereocenters. The van der Waals surface area contributed by atoms with Crippen LogP contribution in [0.3, 0.4) is 0 Å². The standard InChI is InChI=1S/C14H29NO2/c1-5-8-15-13(10-17-11(3)4)12-7-9-16-14(12)6-2/h11-15H,5-10H2,1-4H3. The summed E-state index contributed by atoms with van der Waals surface area (Å²) in [6.07, 6.45) is 4.17. The molecule has 0 aromatic carbocycles. The summed E-state index contributed by atoms with van der Waals surface area (Å²) in [5, 5.41) is 3.63. The van der Waals surface area contributed by atoms with Gasteiger partial charge in [0.1, 0.15) is 0 Å². The van der Waals surface area contributed by atoms with Crippen molar-refractivity contribution in [3.05, 3.63) is 0 Å². The summed E-state index contributed by atoms with van der Waals surface area (Å²) in [7, 11) is 0. The normalized spacial score (nSPS) is 26.6. The van der Waals surface area contributed by atoms with Gasteiger partial charge in [-0.1, -0.05) is 13.8 Å². The molecule has 0 aliphatic carbocycles. The number of hydrogen-bond acceptors (Lipinski definition) is 3. The van der Waals surface area contributed by atoms with Gasteiger partial charge in [0.15, 0.2) is 0 Å². The van der Waals surface area contributed by atoms with Crippen LogP contribution in [0.25, 0.3) is 0 Å². The molecule has 1 aliphatic rings. The van der Waals surface area contributed by atoms with Crippen LogP contribution in [0, 0.1) is 5.92 Å². The lowest BCUT2D eigenvalue weighted by molar-refractivity contribution is 0.0262. The van der Waals surface area contributed by atoms with E-state index in [4.69, 9.17) is 9.47 Å². The molecular weight excluding hydrogens is 214 g/mol. The Morgan fingerprint density at radius 2 is 2.12 bits per heavy atom. The lowest BCUT2D eigenvalue weighted by atomic mass is 9.91. The van der Waals surface area contributed by atoms with Crippen LogP contribution in [-0.2, 0) is 9.47 Å². The van der Waals surface area contributed by atoms with E-state index in [0.717, 1.165) is 26.2 Å². The fourth-order valence-corrected chi connectivity index (χ4v) is 2.51. The van der Waals surface area contributed by atoms with Crippen molar-refractivity contribution < 1.29 is 9.47 Å². The van der Waals surface area contributed by atoms with Crippen LogP contribution in [0.2, 0.25) is 0 Å². The Kier molecular flexibility index (Phi) is 7.09. The number of rotatable bonds is 8. The highest BCUT2D eigenvalue weighted by Crippen LogP contribution is 2.27. The second-order valence-electron chi connectivity index (χ2n) is 5.21. The number of nitrogens with one attached hydrogen (secondary N) is 1. The summed E-state index contributed by atoms with van der Waals surface area (Å²) in [6.45, 7) is 11.4. The van der Waals surface area contributed by atoms with Crippen LogP contribution in [0.1, 0.15) is 47.0 Å². The van der Waals surface area contributed by atoms with Gasteiger partial charge in [-0.05, 0) is 39.7 Å². The minimum Gasteiger partial charge on any atom is -0.378 e. The van der Waals surface area contributed by atoms with E-state index in [9.17, 15) is 0 Å². The smallest absolute Gasteiger partial charge is 0.0626 e. The molecule has 0 aromatic rings. The summed E-state index contributed by atoms with van der Waals surface area (Å²) in [5.41, 5.74) is 0. The molecule has 0 amide bonds. The highest BCUT2D eigenvalue weighted by Gasteiger charge is 2.33. The van der Waals surface area contributed by atoms with Crippen LogP contribution in [-0.4, -0.2) is 38.0 Å². The Morgan fingerprint density at radius 3 is 2.71 bits per heavy atom. The van der Waals surface area contributed by atoms with Crippen molar-refractivity contribution in [1.82, 2.24) is 5.32 Å². The Morgan fingerprint density at radius 1 is 1.35 bits per heavy atom. The van der Waals surface area contributed by atoms with Crippen LogP contribution in [0.4, 0.5) is 0 Å². The van der Waals surface area contributed by atoms with Gasteiger partial charge in [0, 0.05) is 18.6 Å². The molecule has 17 heavy (non-hydrogen) atoms. The zero-order valence-electron chi connectivity index (χ0n) is 11.9. The number of hydrogen-bond donors (Lipinski definition) is 1. The van der Waals surface area contributed by atoms with E-state index < -0.39 is 0 Å². The molecule has 0 aromatic heterocycles. The van der Waals surface area contributed by atoms with Crippen molar-refractivity contribution in [2.45, 2.75) is 65.2 Å². The first-order valence-electron chi connectivity index (χ1n) is 7.15. The predicted octanol–water partition coefficient (Wildman–Crippen LogP) is 2.59. The van der Waals surface area contributed by atoms with Crippen molar-refractivity contribution in [2.24, 2.45) is 5.92 Å². The quantitative estimate of drug-likeness (QED) is 0.711. The molecule has 1 saturated heterocycles. The van der Waals surface area contributed by atoms with Gasteiger partial charge in [-0.3, -0.25) is 0 Å². The molecule has 3 unspecified atom stereocenters. The van der Waals surface area contributed by atoms with Crippen LogP contribution in [0.5, 0.6) is 0 Å². The molecule has 0 radical (unpaired) electrons. The summed E-state index contributed by atoms with van der Waals surface area (Å²) >= 11 is 0. The Hall–Kier alpha value is -0.120. The minimum atomic E-state index is 0.309. The highest BCUT2D eigenvalue weighted by atomic mass is 16.5. The zero-order chi connectivity index (χ0) is 12.7. The molecule has 1 heterocycles. The van der Waals surface area contributed by atoms with Crippen LogP contribution in [0.15, 0.2) is 0 Å². The monoisotopic (exact) mass is 243 g/mol. The van der Waals surface area contributed by atoms with Gasteiger partial charge in [0.2, 0.25) is 0 Å². The molecule has 102 valence electrons. The topological polar surface area (TPSA) is 30.5 Å². The van der Waals surface area contributed by atoms with E-state index in [1.165, 1.54) is 12.8 Å². The van der Waals surface area contributed by atoms with Crippen molar-refractivity contribution in [3.8, 4) is 0 Å². The average molecular weight is 243 g/mol. The lowest BCUT2D eigenvalue weighted by Crippen LogP contribution is -2.44. The Balaban J connectivity index is 2.48. The van der Waals surface area contributed by atoms with Crippen molar-refractivity contribution in [1.29, 1.82) is 0 Å². The summed E-state index contributed by atoms with van der Waals surface area (Å²) < 4.78 is 11.6. The maximum atomic E-state index is 5.79. The van der Waals surface area contributed by atoms with Gasteiger partial charge >= 0.3 is 0 Å². The molecule has 1 fully saturated rings. The highest BCUT2D eigenvalue weighted by molar-refractivity contribution is 4.86. The predicted molar refractivity (Wildman–Crippen MR) is 71.3 cm³/mol. The van der Waals surface area contributed by atoms with Gasteiger partial charge in [0.05, 0.1) is 18.8 Å². The second kappa shape index (κ2) is 8.06. The lowest BCUT2D eigenvalue weighted by Gasteiger charge is -2.28. The molecule has 1 rings (SSSR count). The maximum Gasteiger partial charge on any atom is 0.0626 e. The molecule has 1 aliphatic heterocycles. The van der Waals surface area contributed by atoms with Crippen molar-refractivity contribution in [2.75, 3.05) is 19.8 Å². The largest absolute Gasteiger partial charge is 0.378 e. The van der Waals surface area contributed by atoms with Crippen LogP contribution < -0.4 is 5.32 Å². The molecule has 1 N–H and O–H groups in total. The van der Waals surface area contributed by atoms with Crippen molar-refractivity contribution >= 4 is 0 Å². The molecular formula is C14H29NO2. The molecule has 3 nitrogen and oxygen atoms in total. The molecule has 0 spiro atoms. The van der Waals surface area contributed by atoms with Gasteiger partial charge < -0.3 is 14.8 Å². The molecule has 3 heteroatoms. The maximum absolute atomic E-state index is 5.79. The van der Waals surface area contributed by atoms with E-state index in [0.29, 0.717) is 24.2 Å². The first-order valence-corrected chi connectivity index (χ1v) is 7.15. The third-order valence-electron chi connectivity index (χ3n) is 3.45. The number of ether oxygens (including phenoxy) is 2. The third-order valence-corrected chi connectivity index (χ3v) is 3.45. The average Bonchev–Trinajstić information content (AvgIpc) is 2.77. The third kappa shape index (κ3) is 4.94. The van der Waals surface area contributed by atoms with E-state index in [-0.39, 0.29) is 0 Å². The second-order valence-corrected chi connectivity index (χ2v) is 5.21. The van der Waals surface area contributed by atoms with Crippen molar-refractivity contribution in [3.63, 3.8) is 0 Å². The van der Waals surface area contributed by atoms with Crippen LogP contribution >= 0.6 is 0 Å². The minimum absolute atomic E-state index is 0.309. The van der Waals surface area contributed by atoms with Gasteiger partial charge in [-0.25, -0.2) is 0 Å². The van der Waals surface area contributed by atoms with Gasteiger partial charge in [-0.15, -0.1) is 0 Å². The Labute approximate surface area is 106 Å². The van der Waals surface area contributed by atoms with E-state index >= 15 is 0 Å². The van der Waals surface area contributed by atoms with E-state index in [1.54, 1.807) is 0 Å². The first kappa shape index (κ1) is 14.9. The van der Waals surface area contributed by atoms with E-state index in [2.05, 4.69) is 33.0 Å². The Bertz CT molecular complexity index is 197. The van der Waals surface area contributed by atoms with Gasteiger partial charge in [-0.2, -0.15) is 0 Å². The fourth-order valence-electron chi connectivity index (χ4n) is 2.51. The zero-order valence-corrected chi connectivity index (χ0v) is 11.9. The summed E-state index contributed by atoms with van der Waals surface area (Å²) in [5.74, 6) is 0.616. The fraction of sp³-hybridized carbons (Fsp3) is 1.00. The summed E-state index contributed by atoms with van der Waals surface area (Å²) in [4.78, 5) is 0. The molecule has 0 saturated carbocycles. The summed E-state index contributed by atoms with van der Waals surface area (Å²) in [6, 6.07) is 0.449. The SMILES string of the molecule is CCCNC(COC(C)C)C1CCOC1CC. The van der Waals surface area contributed by atoms with Gasteiger partial charge in [0.25, 0.3) is 0 Å². The first-order chi connectivity index (χ1) is 8.19. The van der Waals surface area contributed by atoms with E-state index in [1.807, 2.05) is 0 Å².